The van der Waals surface area contributed by atoms with Crippen LogP contribution in [0.4, 0.5) is 10.2 Å². The monoisotopic (exact) mass is 333 g/mol. The van der Waals surface area contributed by atoms with Gasteiger partial charge in [0.25, 0.3) is 0 Å². The number of nitrogens with zero attached hydrogens (tertiary/aromatic N) is 4. The molecule has 0 amide bonds. The number of aryl methyl sites for hydroxylation is 1. The van der Waals surface area contributed by atoms with Gasteiger partial charge in [-0.1, -0.05) is 29.8 Å². The van der Waals surface area contributed by atoms with Crippen LogP contribution in [0, 0.1) is 12.7 Å². The van der Waals surface area contributed by atoms with E-state index in [0.29, 0.717) is 12.2 Å². The van der Waals surface area contributed by atoms with Gasteiger partial charge in [0.15, 0.2) is 5.65 Å². The number of fused-ring (bicyclic) bond motifs is 1. The Morgan fingerprint density at radius 1 is 1.00 bits per heavy atom. The molecule has 0 saturated carbocycles. The number of nitrogens with one attached hydrogen (secondary N) is 1. The molecule has 0 aliphatic rings. The van der Waals surface area contributed by atoms with Gasteiger partial charge in [0, 0.05) is 6.54 Å². The second kappa shape index (κ2) is 6.32. The fraction of sp³-hybridized carbons (Fsp3) is 0.105. The molecule has 0 radical (unpaired) electrons. The molecule has 4 aromatic rings. The van der Waals surface area contributed by atoms with Crippen molar-refractivity contribution in [3.8, 4) is 5.69 Å². The Balaban J connectivity index is 1.64. The largest absolute Gasteiger partial charge is 0.365 e. The lowest BCUT2D eigenvalue weighted by Gasteiger charge is -2.07. The molecule has 4 rings (SSSR count). The van der Waals surface area contributed by atoms with E-state index in [2.05, 4.69) is 51.6 Å². The number of halogens is 1. The van der Waals surface area contributed by atoms with Gasteiger partial charge < -0.3 is 5.32 Å². The van der Waals surface area contributed by atoms with Crippen molar-refractivity contribution in [2.24, 2.45) is 0 Å². The van der Waals surface area contributed by atoms with Crippen LogP contribution in [0.1, 0.15) is 11.1 Å². The third-order valence-corrected chi connectivity index (χ3v) is 4.02. The van der Waals surface area contributed by atoms with Gasteiger partial charge in [-0.2, -0.15) is 5.10 Å². The number of hydrogen-bond donors (Lipinski definition) is 1. The molecule has 0 unspecified atom stereocenters. The summed E-state index contributed by atoms with van der Waals surface area (Å²) in [5.74, 6) is 0.439. The van der Waals surface area contributed by atoms with Gasteiger partial charge in [-0.05, 0) is 36.8 Å². The first-order chi connectivity index (χ1) is 12.2. The summed E-state index contributed by atoms with van der Waals surface area (Å²) in [5, 5.41) is 8.53. The van der Waals surface area contributed by atoms with Crippen LogP contribution in [0.25, 0.3) is 16.7 Å². The molecule has 0 fully saturated rings. The van der Waals surface area contributed by atoms with Gasteiger partial charge in [0.2, 0.25) is 0 Å². The molecule has 0 bridgehead atoms. The maximum Gasteiger partial charge on any atom is 0.168 e. The zero-order valence-corrected chi connectivity index (χ0v) is 13.6. The number of rotatable bonds is 4. The smallest absolute Gasteiger partial charge is 0.168 e. The summed E-state index contributed by atoms with van der Waals surface area (Å²) in [5.41, 5.74) is 3.82. The molecule has 2 heterocycles. The van der Waals surface area contributed by atoms with Crippen LogP contribution in [0.15, 0.2) is 61.1 Å². The lowest BCUT2D eigenvalue weighted by molar-refractivity contribution is 0.627. The van der Waals surface area contributed by atoms with Gasteiger partial charge in [-0.15, -0.1) is 0 Å². The minimum absolute atomic E-state index is 0.282. The molecule has 2 aromatic heterocycles. The van der Waals surface area contributed by atoms with Gasteiger partial charge in [-0.3, -0.25) is 0 Å². The third-order valence-electron chi connectivity index (χ3n) is 4.02. The average Bonchev–Trinajstić information content (AvgIpc) is 3.07. The minimum atomic E-state index is -0.282. The first kappa shape index (κ1) is 15.3. The molecule has 1 N–H and O–H groups in total. The van der Waals surface area contributed by atoms with Crippen molar-refractivity contribution in [2.75, 3.05) is 5.32 Å². The van der Waals surface area contributed by atoms with E-state index in [4.69, 9.17) is 0 Å². The molecule has 0 spiro atoms. The summed E-state index contributed by atoms with van der Waals surface area (Å²) in [4.78, 5) is 8.65. The molecule has 6 heteroatoms. The van der Waals surface area contributed by atoms with E-state index in [0.717, 1.165) is 16.9 Å². The molecular formula is C19H16FN5. The number of anilines is 1. The molecule has 5 nitrogen and oxygen atoms in total. The van der Waals surface area contributed by atoms with Crippen LogP contribution in [0.2, 0.25) is 0 Å². The van der Waals surface area contributed by atoms with E-state index in [-0.39, 0.29) is 5.82 Å². The predicted octanol–water partition coefficient (Wildman–Crippen LogP) is 3.88. The van der Waals surface area contributed by atoms with Crippen molar-refractivity contribution >= 4 is 16.9 Å². The summed E-state index contributed by atoms with van der Waals surface area (Å²) in [6, 6.07) is 14.5. The summed E-state index contributed by atoms with van der Waals surface area (Å²) in [6.07, 6.45) is 3.22. The molecule has 0 saturated heterocycles. The van der Waals surface area contributed by atoms with Crippen LogP contribution in [0.3, 0.4) is 0 Å². The fourth-order valence-corrected chi connectivity index (χ4v) is 2.65. The van der Waals surface area contributed by atoms with Crippen molar-refractivity contribution in [1.29, 1.82) is 0 Å². The van der Waals surface area contributed by atoms with E-state index in [9.17, 15) is 4.39 Å². The summed E-state index contributed by atoms with van der Waals surface area (Å²) in [6.45, 7) is 2.73. The third kappa shape index (κ3) is 3.06. The topological polar surface area (TPSA) is 55.6 Å². The Labute approximate surface area is 144 Å². The Kier molecular flexibility index (Phi) is 3.85. The van der Waals surface area contributed by atoms with Gasteiger partial charge >= 0.3 is 0 Å². The Bertz CT molecular complexity index is 1010. The quantitative estimate of drug-likeness (QED) is 0.616. The summed E-state index contributed by atoms with van der Waals surface area (Å²) >= 11 is 0. The van der Waals surface area contributed by atoms with E-state index < -0.39 is 0 Å². The van der Waals surface area contributed by atoms with E-state index in [1.165, 1.54) is 29.6 Å². The molecule has 2 aromatic carbocycles. The summed E-state index contributed by atoms with van der Waals surface area (Å²) in [7, 11) is 0. The minimum Gasteiger partial charge on any atom is -0.365 e. The van der Waals surface area contributed by atoms with Gasteiger partial charge in [0.1, 0.15) is 18.0 Å². The Morgan fingerprint density at radius 2 is 1.76 bits per heavy atom. The van der Waals surface area contributed by atoms with Crippen LogP contribution < -0.4 is 5.32 Å². The Morgan fingerprint density at radius 3 is 2.52 bits per heavy atom. The molecule has 25 heavy (non-hydrogen) atoms. The van der Waals surface area contributed by atoms with Gasteiger partial charge in [-0.25, -0.2) is 19.0 Å². The van der Waals surface area contributed by atoms with E-state index in [1.807, 2.05) is 0 Å². The predicted molar refractivity (Wildman–Crippen MR) is 95.1 cm³/mol. The van der Waals surface area contributed by atoms with Crippen molar-refractivity contribution < 1.29 is 4.39 Å². The average molecular weight is 333 g/mol. The fourth-order valence-electron chi connectivity index (χ4n) is 2.65. The maximum atomic E-state index is 13.1. The van der Waals surface area contributed by atoms with Crippen LogP contribution in [-0.2, 0) is 6.54 Å². The zero-order chi connectivity index (χ0) is 17.2. The maximum absolute atomic E-state index is 13.1. The SMILES string of the molecule is Cc1ccc(CNc2ncnc3c2cnn3-c2ccc(F)cc2)cc1. The van der Waals surface area contributed by atoms with Crippen molar-refractivity contribution in [2.45, 2.75) is 13.5 Å². The first-order valence-electron chi connectivity index (χ1n) is 7.95. The molecule has 0 aliphatic heterocycles. The number of benzene rings is 2. The first-order valence-corrected chi connectivity index (χ1v) is 7.95. The van der Waals surface area contributed by atoms with Gasteiger partial charge in [0.05, 0.1) is 17.3 Å². The second-order valence-corrected chi connectivity index (χ2v) is 5.83. The van der Waals surface area contributed by atoms with Crippen LogP contribution in [-0.4, -0.2) is 19.7 Å². The highest BCUT2D eigenvalue weighted by atomic mass is 19.1. The van der Waals surface area contributed by atoms with Crippen molar-refractivity contribution in [3.05, 3.63) is 78.0 Å². The standard InChI is InChI=1S/C19H16FN5/c1-13-2-4-14(5-3-13)10-21-18-17-11-24-25(19(17)23-12-22-18)16-8-6-15(20)7-9-16/h2-9,11-12H,10H2,1H3,(H,21,22,23). The lowest BCUT2D eigenvalue weighted by Crippen LogP contribution is -2.03. The van der Waals surface area contributed by atoms with Crippen molar-refractivity contribution in [1.82, 2.24) is 19.7 Å². The highest BCUT2D eigenvalue weighted by molar-refractivity contribution is 5.87. The highest BCUT2D eigenvalue weighted by Crippen LogP contribution is 2.22. The second-order valence-electron chi connectivity index (χ2n) is 5.83. The molecular weight excluding hydrogens is 317 g/mol. The molecule has 124 valence electrons. The van der Waals surface area contributed by atoms with Crippen LogP contribution in [0.5, 0.6) is 0 Å². The highest BCUT2D eigenvalue weighted by Gasteiger charge is 2.11. The molecule has 0 atom stereocenters. The van der Waals surface area contributed by atoms with E-state index in [1.54, 1.807) is 23.0 Å². The lowest BCUT2D eigenvalue weighted by atomic mass is 10.1. The van der Waals surface area contributed by atoms with Crippen molar-refractivity contribution in [3.63, 3.8) is 0 Å². The number of aromatic nitrogens is 4. The van der Waals surface area contributed by atoms with E-state index >= 15 is 0 Å². The summed E-state index contributed by atoms with van der Waals surface area (Å²) < 4.78 is 14.8. The zero-order valence-electron chi connectivity index (χ0n) is 13.6. The normalized spacial score (nSPS) is 11.0. The number of hydrogen-bond acceptors (Lipinski definition) is 4. The molecule has 0 aliphatic carbocycles. The van der Waals surface area contributed by atoms with Crippen LogP contribution >= 0.6 is 0 Å². The Hall–Kier alpha value is -3.28.